The number of nitrogens with one attached hydrogen (secondary N) is 1. The number of ether oxygens (including phenoxy) is 1. The predicted molar refractivity (Wildman–Crippen MR) is 81.4 cm³/mol. The van der Waals surface area contributed by atoms with Gasteiger partial charge in [0.15, 0.2) is 0 Å². The van der Waals surface area contributed by atoms with E-state index < -0.39 is 0 Å². The molecule has 1 fully saturated rings. The second kappa shape index (κ2) is 6.91. The van der Waals surface area contributed by atoms with Crippen molar-refractivity contribution < 1.29 is 14.3 Å². The molecule has 0 aromatic carbocycles. The Bertz CT molecular complexity index is 533. The molecule has 1 saturated heterocycles. The summed E-state index contributed by atoms with van der Waals surface area (Å²) in [4.78, 5) is 25.6. The van der Waals surface area contributed by atoms with Crippen LogP contribution in [0.3, 0.4) is 0 Å². The van der Waals surface area contributed by atoms with Crippen LogP contribution in [0, 0.1) is 12.8 Å². The molecule has 1 unspecified atom stereocenters. The molecule has 0 saturated carbocycles. The Morgan fingerprint density at radius 2 is 2.27 bits per heavy atom. The van der Waals surface area contributed by atoms with Gasteiger partial charge in [-0.25, -0.2) is 0 Å². The molecule has 1 aromatic heterocycles. The van der Waals surface area contributed by atoms with Crippen LogP contribution in [-0.4, -0.2) is 58.8 Å². The minimum Gasteiger partial charge on any atom is -0.365 e. The number of hydrogen-bond acceptors (Lipinski definition) is 4. The maximum atomic E-state index is 12.1. The lowest BCUT2D eigenvalue weighted by atomic mass is 10.1. The number of aromatic nitrogens is 2. The van der Waals surface area contributed by atoms with Crippen LogP contribution in [0.25, 0.3) is 0 Å². The molecule has 22 heavy (non-hydrogen) atoms. The Labute approximate surface area is 130 Å². The molecule has 1 aromatic rings. The molecule has 2 rings (SSSR count). The average Bonchev–Trinajstić information content (AvgIpc) is 2.79. The maximum Gasteiger partial charge on any atom is 0.271 e. The molecule has 1 aliphatic heterocycles. The van der Waals surface area contributed by atoms with E-state index in [1.165, 1.54) is 0 Å². The third kappa shape index (κ3) is 4.07. The van der Waals surface area contributed by atoms with Crippen LogP contribution < -0.4 is 5.32 Å². The second-order valence-electron chi connectivity index (χ2n) is 6.13. The summed E-state index contributed by atoms with van der Waals surface area (Å²) in [6.07, 6.45) is -0.176. The van der Waals surface area contributed by atoms with Crippen molar-refractivity contribution in [3.63, 3.8) is 0 Å². The van der Waals surface area contributed by atoms with Gasteiger partial charge in [0.2, 0.25) is 5.91 Å². The van der Waals surface area contributed by atoms with Gasteiger partial charge < -0.3 is 15.0 Å². The van der Waals surface area contributed by atoms with Gasteiger partial charge in [-0.2, -0.15) is 5.10 Å². The van der Waals surface area contributed by atoms with Gasteiger partial charge in [-0.05, 0) is 18.9 Å². The molecule has 1 atom stereocenters. The van der Waals surface area contributed by atoms with Gasteiger partial charge in [0.05, 0.1) is 6.10 Å². The van der Waals surface area contributed by atoms with Gasteiger partial charge in [0.25, 0.3) is 5.91 Å². The zero-order chi connectivity index (χ0) is 16.3. The molecule has 0 spiro atoms. The van der Waals surface area contributed by atoms with Crippen molar-refractivity contribution in [1.29, 1.82) is 0 Å². The summed E-state index contributed by atoms with van der Waals surface area (Å²) < 4.78 is 7.15. The summed E-state index contributed by atoms with van der Waals surface area (Å²) in [5.41, 5.74) is 1.32. The van der Waals surface area contributed by atoms with Gasteiger partial charge >= 0.3 is 0 Å². The van der Waals surface area contributed by atoms with Crippen LogP contribution in [-0.2, 0) is 16.6 Å². The number of aryl methyl sites for hydroxylation is 2. The minimum atomic E-state index is -0.223. The normalized spacial score (nSPS) is 18.9. The number of rotatable bonds is 5. The molecule has 122 valence electrons. The first-order valence-electron chi connectivity index (χ1n) is 7.55. The highest BCUT2D eigenvalue weighted by molar-refractivity contribution is 5.92. The van der Waals surface area contributed by atoms with Gasteiger partial charge in [-0.1, -0.05) is 13.8 Å². The highest BCUT2D eigenvalue weighted by Crippen LogP contribution is 2.09. The summed E-state index contributed by atoms with van der Waals surface area (Å²) in [5.74, 6) is 0.199. The van der Waals surface area contributed by atoms with Crippen LogP contribution in [0.1, 0.15) is 30.0 Å². The SMILES string of the molecule is Cc1cc(C(=O)NCC2CN(CC(C)C)C(=O)CO2)nn1C. The zero-order valence-corrected chi connectivity index (χ0v) is 13.6. The van der Waals surface area contributed by atoms with Crippen molar-refractivity contribution >= 4 is 11.8 Å². The van der Waals surface area contributed by atoms with Crippen LogP contribution in [0.5, 0.6) is 0 Å². The first kappa shape index (κ1) is 16.5. The molecule has 0 radical (unpaired) electrons. The fraction of sp³-hybridized carbons (Fsp3) is 0.667. The lowest BCUT2D eigenvalue weighted by Gasteiger charge is -2.33. The molecular weight excluding hydrogens is 284 g/mol. The van der Waals surface area contributed by atoms with E-state index in [1.54, 1.807) is 22.7 Å². The summed E-state index contributed by atoms with van der Waals surface area (Å²) in [6.45, 7) is 7.71. The van der Waals surface area contributed by atoms with E-state index in [9.17, 15) is 9.59 Å². The Morgan fingerprint density at radius 1 is 1.55 bits per heavy atom. The first-order chi connectivity index (χ1) is 10.4. The van der Waals surface area contributed by atoms with Gasteiger partial charge in [0.1, 0.15) is 12.3 Å². The zero-order valence-electron chi connectivity index (χ0n) is 13.6. The smallest absolute Gasteiger partial charge is 0.271 e. The van der Waals surface area contributed by atoms with Crippen LogP contribution >= 0.6 is 0 Å². The second-order valence-corrected chi connectivity index (χ2v) is 6.13. The quantitative estimate of drug-likeness (QED) is 0.851. The largest absolute Gasteiger partial charge is 0.365 e. The monoisotopic (exact) mass is 308 g/mol. The standard InChI is InChI=1S/C15H24N4O3/c1-10(2)7-19-8-12(22-9-14(19)20)6-16-15(21)13-5-11(3)18(4)17-13/h5,10,12H,6-9H2,1-4H3,(H,16,21). The van der Waals surface area contributed by atoms with E-state index >= 15 is 0 Å². The highest BCUT2D eigenvalue weighted by atomic mass is 16.5. The lowest BCUT2D eigenvalue weighted by molar-refractivity contribution is -0.149. The van der Waals surface area contributed by atoms with Gasteiger partial charge in [0, 0.05) is 32.4 Å². The Hall–Kier alpha value is -1.89. The molecule has 7 heteroatoms. The van der Waals surface area contributed by atoms with E-state index in [4.69, 9.17) is 4.74 Å². The van der Waals surface area contributed by atoms with E-state index in [0.29, 0.717) is 31.2 Å². The number of carbonyl (C=O) groups is 2. The van der Waals surface area contributed by atoms with Crippen LogP contribution in [0.4, 0.5) is 0 Å². The number of nitrogens with zero attached hydrogens (tertiary/aromatic N) is 3. The number of amides is 2. The molecule has 2 amide bonds. The lowest BCUT2D eigenvalue weighted by Crippen LogP contribution is -2.51. The third-order valence-corrected chi connectivity index (χ3v) is 3.64. The topological polar surface area (TPSA) is 76.5 Å². The molecule has 0 bridgehead atoms. The Balaban J connectivity index is 1.86. The highest BCUT2D eigenvalue weighted by Gasteiger charge is 2.27. The summed E-state index contributed by atoms with van der Waals surface area (Å²) in [5, 5.41) is 6.96. The Kier molecular flexibility index (Phi) is 5.18. The Morgan fingerprint density at radius 3 is 2.86 bits per heavy atom. The predicted octanol–water partition coefficient (Wildman–Crippen LogP) is 0.342. The van der Waals surface area contributed by atoms with Gasteiger partial charge in [-0.3, -0.25) is 14.3 Å². The van der Waals surface area contributed by atoms with Gasteiger partial charge in [-0.15, -0.1) is 0 Å². The van der Waals surface area contributed by atoms with Crippen molar-refractivity contribution in [3.05, 3.63) is 17.5 Å². The number of morpholine rings is 1. The fourth-order valence-corrected chi connectivity index (χ4v) is 2.39. The fourth-order valence-electron chi connectivity index (χ4n) is 2.39. The van der Waals surface area contributed by atoms with Crippen molar-refractivity contribution in [2.75, 3.05) is 26.2 Å². The van der Waals surface area contributed by atoms with Crippen molar-refractivity contribution in [2.45, 2.75) is 26.9 Å². The van der Waals surface area contributed by atoms with E-state index in [0.717, 1.165) is 5.69 Å². The van der Waals surface area contributed by atoms with E-state index in [1.807, 2.05) is 6.92 Å². The molecular formula is C15H24N4O3. The van der Waals surface area contributed by atoms with Crippen LogP contribution in [0.2, 0.25) is 0 Å². The third-order valence-electron chi connectivity index (χ3n) is 3.64. The minimum absolute atomic E-state index is 0.0108. The maximum absolute atomic E-state index is 12.1. The molecule has 1 aliphatic rings. The summed E-state index contributed by atoms with van der Waals surface area (Å²) in [6, 6.07) is 1.74. The molecule has 0 aliphatic carbocycles. The molecule has 1 N–H and O–H groups in total. The summed E-state index contributed by atoms with van der Waals surface area (Å²) >= 11 is 0. The first-order valence-corrected chi connectivity index (χ1v) is 7.55. The van der Waals surface area contributed by atoms with Crippen LogP contribution in [0.15, 0.2) is 6.07 Å². The number of hydrogen-bond donors (Lipinski definition) is 1. The summed E-state index contributed by atoms with van der Waals surface area (Å²) in [7, 11) is 1.80. The molecule has 7 nitrogen and oxygen atoms in total. The van der Waals surface area contributed by atoms with E-state index in [2.05, 4.69) is 24.3 Å². The molecule has 2 heterocycles. The number of carbonyl (C=O) groups excluding carboxylic acids is 2. The van der Waals surface area contributed by atoms with Crippen molar-refractivity contribution in [2.24, 2.45) is 13.0 Å². The van der Waals surface area contributed by atoms with Crippen molar-refractivity contribution in [1.82, 2.24) is 20.0 Å². The van der Waals surface area contributed by atoms with Crippen molar-refractivity contribution in [3.8, 4) is 0 Å². The average molecular weight is 308 g/mol. The van der Waals surface area contributed by atoms with E-state index in [-0.39, 0.29) is 24.5 Å².